The molecule has 122 valence electrons. The number of Topliss-reactive ketones (excluding diaryl/α,β-unsaturated/α-hetero) is 1. The van der Waals surface area contributed by atoms with Gasteiger partial charge in [0, 0.05) is 12.5 Å². The summed E-state index contributed by atoms with van der Waals surface area (Å²) in [7, 11) is 0. The Morgan fingerprint density at radius 2 is 1.92 bits per heavy atom. The van der Waals surface area contributed by atoms with Crippen LogP contribution in [0.4, 0.5) is 5.13 Å². The summed E-state index contributed by atoms with van der Waals surface area (Å²) in [6.07, 6.45) is 2.91. The molecular weight excluding hydrogens is 322 g/mol. The van der Waals surface area contributed by atoms with Crippen LogP contribution in [0.3, 0.4) is 0 Å². The van der Waals surface area contributed by atoms with E-state index in [0.29, 0.717) is 28.5 Å². The maximum Gasteiger partial charge on any atom is 0.246 e. The van der Waals surface area contributed by atoms with E-state index in [1.54, 1.807) is 0 Å². The maximum atomic E-state index is 12.5. The molecule has 0 unspecified atom stereocenters. The summed E-state index contributed by atoms with van der Waals surface area (Å²) in [6, 6.07) is 11.6. The third-order valence-electron chi connectivity index (χ3n) is 4.32. The number of amides is 1. The van der Waals surface area contributed by atoms with Crippen molar-refractivity contribution in [1.82, 2.24) is 4.98 Å². The molecule has 1 heterocycles. The first-order chi connectivity index (χ1) is 11.6. The molecule has 0 atom stereocenters. The highest BCUT2D eigenvalue weighted by Crippen LogP contribution is 2.39. The molecule has 1 aromatic heterocycles. The van der Waals surface area contributed by atoms with Crippen LogP contribution in [-0.4, -0.2) is 16.7 Å². The molecule has 0 spiro atoms. The smallest absolute Gasteiger partial charge is 0.246 e. The van der Waals surface area contributed by atoms with Gasteiger partial charge in [-0.1, -0.05) is 54.5 Å². The average molecular weight is 339 g/mol. The number of thiazole rings is 1. The second-order valence-corrected chi connectivity index (χ2v) is 6.97. The summed E-state index contributed by atoms with van der Waals surface area (Å²) in [5.41, 5.74) is 0.436. The first-order valence-corrected chi connectivity index (χ1v) is 8.67. The Morgan fingerprint density at radius 1 is 1.25 bits per heavy atom. The van der Waals surface area contributed by atoms with Gasteiger partial charge in [0.1, 0.15) is 5.41 Å². The largest absolute Gasteiger partial charge is 0.301 e. The Kier molecular flexibility index (Phi) is 4.45. The quantitative estimate of drug-likeness (QED) is 0.852. The fourth-order valence-corrected chi connectivity index (χ4v) is 3.87. The van der Waals surface area contributed by atoms with Gasteiger partial charge in [-0.3, -0.25) is 9.59 Å². The zero-order valence-electron chi connectivity index (χ0n) is 13.3. The number of aromatic nitrogens is 1. The standard InChI is InChI=1S/C18H17N3O2S/c1-12(22)15-14(13-7-3-2-4-8-13)20-17(24-15)21-16(23)18(11-19)9-5-6-10-18/h2-4,7-8H,5-6,9-10H2,1H3,(H,20,21,23). The van der Waals surface area contributed by atoms with Crippen LogP contribution in [0, 0.1) is 16.7 Å². The Balaban J connectivity index is 1.91. The zero-order valence-corrected chi connectivity index (χ0v) is 14.2. The van der Waals surface area contributed by atoms with Gasteiger partial charge in [0.05, 0.1) is 16.6 Å². The van der Waals surface area contributed by atoms with Crippen molar-refractivity contribution in [3.8, 4) is 17.3 Å². The first-order valence-electron chi connectivity index (χ1n) is 7.86. The van der Waals surface area contributed by atoms with Gasteiger partial charge in [0.15, 0.2) is 10.9 Å². The lowest BCUT2D eigenvalue weighted by Crippen LogP contribution is -2.32. The molecule has 1 fully saturated rings. The van der Waals surface area contributed by atoms with Gasteiger partial charge in [0.25, 0.3) is 0 Å². The number of rotatable bonds is 4. The lowest BCUT2D eigenvalue weighted by atomic mass is 9.87. The van der Waals surface area contributed by atoms with Crippen LogP contribution in [0.1, 0.15) is 42.3 Å². The molecule has 1 saturated carbocycles. The van der Waals surface area contributed by atoms with Crippen molar-refractivity contribution in [2.75, 3.05) is 5.32 Å². The fourth-order valence-electron chi connectivity index (χ4n) is 2.99. The first kappa shape index (κ1) is 16.3. The molecule has 0 saturated heterocycles. The summed E-state index contributed by atoms with van der Waals surface area (Å²) in [5.74, 6) is -0.409. The highest BCUT2D eigenvalue weighted by Gasteiger charge is 2.42. The van der Waals surface area contributed by atoms with Crippen molar-refractivity contribution in [1.29, 1.82) is 5.26 Å². The normalized spacial score (nSPS) is 15.7. The molecular formula is C18H17N3O2S. The molecule has 24 heavy (non-hydrogen) atoms. The highest BCUT2D eigenvalue weighted by atomic mass is 32.1. The molecule has 1 aromatic carbocycles. The molecule has 1 N–H and O–H groups in total. The Morgan fingerprint density at radius 3 is 2.50 bits per heavy atom. The summed E-state index contributed by atoms with van der Waals surface area (Å²) >= 11 is 1.16. The number of benzene rings is 1. The number of nitrogens with one attached hydrogen (secondary N) is 1. The third-order valence-corrected chi connectivity index (χ3v) is 5.39. The number of hydrogen-bond donors (Lipinski definition) is 1. The van der Waals surface area contributed by atoms with E-state index in [-0.39, 0.29) is 11.7 Å². The van der Waals surface area contributed by atoms with Crippen molar-refractivity contribution in [3.05, 3.63) is 35.2 Å². The van der Waals surface area contributed by atoms with E-state index in [9.17, 15) is 14.9 Å². The van der Waals surface area contributed by atoms with E-state index in [1.165, 1.54) is 6.92 Å². The number of ketones is 1. The summed E-state index contributed by atoms with van der Waals surface area (Å²) in [5, 5.41) is 12.5. The number of hydrogen-bond acceptors (Lipinski definition) is 5. The van der Waals surface area contributed by atoms with Gasteiger partial charge in [-0.05, 0) is 12.8 Å². The molecule has 0 radical (unpaired) electrons. The summed E-state index contributed by atoms with van der Waals surface area (Å²) < 4.78 is 0. The van der Waals surface area contributed by atoms with Crippen molar-refractivity contribution in [2.24, 2.45) is 5.41 Å². The zero-order chi connectivity index (χ0) is 17.2. The van der Waals surface area contributed by atoms with Crippen LogP contribution in [0.15, 0.2) is 30.3 Å². The van der Waals surface area contributed by atoms with Gasteiger partial charge in [-0.2, -0.15) is 5.26 Å². The van der Waals surface area contributed by atoms with Crippen molar-refractivity contribution in [2.45, 2.75) is 32.6 Å². The van der Waals surface area contributed by atoms with Gasteiger partial charge in [-0.25, -0.2) is 4.98 Å². The predicted molar refractivity (Wildman–Crippen MR) is 92.7 cm³/mol. The summed E-state index contributed by atoms with van der Waals surface area (Å²) in [4.78, 5) is 29.4. The van der Waals surface area contributed by atoms with Gasteiger partial charge in [0.2, 0.25) is 5.91 Å². The molecule has 0 bridgehead atoms. The second kappa shape index (κ2) is 6.54. The number of nitrogens with zero attached hydrogens (tertiary/aromatic N) is 2. The molecule has 1 aliphatic rings. The topological polar surface area (TPSA) is 82.9 Å². The predicted octanol–water partition coefficient (Wildman–Crippen LogP) is 4.04. The van der Waals surface area contributed by atoms with E-state index < -0.39 is 5.41 Å². The third kappa shape index (κ3) is 2.95. The maximum absolute atomic E-state index is 12.5. The summed E-state index contributed by atoms with van der Waals surface area (Å²) in [6.45, 7) is 1.49. The molecule has 2 aromatic rings. The van der Waals surface area contributed by atoms with Crippen LogP contribution in [0.2, 0.25) is 0 Å². The number of anilines is 1. The van der Waals surface area contributed by atoms with Crippen LogP contribution in [0.5, 0.6) is 0 Å². The van der Waals surface area contributed by atoms with E-state index in [4.69, 9.17) is 0 Å². The minimum absolute atomic E-state index is 0.0947. The Hall–Kier alpha value is -2.52. The fraction of sp³-hybridized carbons (Fsp3) is 0.333. The average Bonchev–Trinajstić information content (AvgIpc) is 3.23. The van der Waals surface area contributed by atoms with Crippen molar-refractivity contribution < 1.29 is 9.59 Å². The van der Waals surface area contributed by atoms with E-state index in [1.807, 2.05) is 30.3 Å². The minimum atomic E-state index is -0.963. The van der Waals surface area contributed by atoms with Gasteiger partial charge < -0.3 is 5.32 Å². The van der Waals surface area contributed by atoms with Crippen molar-refractivity contribution in [3.63, 3.8) is 0 Å². The van der Waals surface area contributed by atoms with Crippen molar-refractivity contribution >= 4 is 28.2 Å². The van der Waals surface area contributed by atoms with Crippen LogP contribution >= 0.6 is 11.3 Å². The molecule has 0 aliphatic heterocycles. The Labute approximate surface area is 144 Å². The van der Waals surface area contributed by atoms with Gasteiger partial charge >= 0.3 is 0 Å². The molecule has 3 rings (SSSR count). The Bertz CT molecular complexity index is 815. The number of carbonyl (C=O) groups excluding carboxylic acids is 2. The second-order valence-electron chi connectivity index (χ2n) is 5.97. The highest BCUT2D eigenvalue weighted by molar-refractivity contribution is 7.18. The molecule has 1 amide bonds. The minimum Gasteiger partial charge on any atom is -0.301 e. The number of carbonyl (C=O) groups is 2. The lowest BCUT2D eigenvalue weighted by molar-refractivity contribution is -0.122. The van der Waals surface area contributed by atoms with E-state index in [0.717, 1.165) is 29.7 Å². The van der Waals surface area contributed by atoms with E-state index >= 15 is 0 Å². The van der Waals surface area contributed by atoms with Crippen LogP contribution < -0.4 is 5.32 Å². The van der Waals surface area contributed by atoms with Crippen LogP contribution in [0.25, 0.3) is 11.3 Å². The molecule has 1 aliphatic carbocycles. The SMILES string of the molecule is CC(=O)c1sc(NC(=O)C2(C#N)CCCC2)nc1-c1ccccc1. The lowest BCUT2D eigenvalue weighted by Gasteiger charge is -2.17. The van der Waals surface area contributed by atoms with Gasteiger partial charge in [-0.15, -0.1) is 0 Å². The monoisotopic (exact) mass is 339 g/mol. The van der Waals surface area contributed by atoms with E-state index in [2.05, 4.69) is 16.4 Å². The molecule has 6 heteroatoms. The number of nitriles is 1. The van der Waals surface area contributed by atoms with Crippen LogP contribution in [-0.2, 0) is 4.79 Å². The molecule has 5 nitrogen and oxygen atoms in total.